The first-order valence-corrected chi connectivity index (χ1v) is 36.6. The summed E-state index contributed by atoms with van der Waals surface area (Å²) >= 11 is 0. The van der Waals surface area contributed by atoms with Gasteiger partial charge >= 0.3 is 0 Å². The summed E-state index contributed by atoms with van der Waals surface area (Å²) in [6.07, 6.45) is 0. The minimum atomic E-state index is 0.631. The molecule has 0 saturated heterocycles. The summed E-state index contributed by atoms with van der Waals surface area (Å²) in [5, 5.41) is 14.9. The number of benzene rings is 18. The molecule has 6 nitrogen and oxygen atoms in total. The van der Waals surface area contributed by atoms with E-state index < -0.39 is 0 Å². The maximum Gasteiger partial charge on any atom is 0.164 e. The van der Waals surface area contributed by atoms with Crippen LogP contribution >= 0.6 is 0 Å². The minimum Gasteiger partial charge on any atom is -0.208 e. The van der Waals surface area contributed by atoms with Crippen LogP contribution < -0.4 is 0 Å². The highest BCUT2D eigenvalue weighted by Gasteiger charge is 2.21. The summed E-state index contributed by atoms with van der Waals surface area (Å²) in [5.41, 5.74) is 19.7. The van der Waals surface area contributed by atoms with E-state index in [-0.39, 0.29) is 0 Å². The van der Waals surface area contributed by atoms with Gasteiger partial charge in [0.2, 0.25) is 0 Å². The number of hydrogen-bond acceptors (Lipinski definition) is 6. The highest BCUT2D eigenvalue weighted by molar-refractivity contribution is 6.17. The van der Waals surface area contributed by atoms with E-state index in [0.717, 1.165) is 55.6 Å². The van der Waals surface area contributed by atoms with Gasteiger partial charge < -0.3 is 0 Å². The van der Waals surface area contributed by atoms with Gasteiger partial charge in [-0.15, -0.1) is 0 Å². The van der Waals surface area contributed by atoms with Crippen LogP contribution in [0.2, 0.25) is 0 Å². The second kappa shape index (κ2) is 28.3. The molecule has 0 aliphatic heterocycles. The van der Waals surface area contributed by atoms with Crippen molar-refractivity contribution in [3.8, 4) is 135 Å². The molecule has 108 heavy (non-hydrogen) atoms. The van der Waals surface area contributed by atoms with Gasteiger partial charge in [-0.1, -0.05) is 388 Å². The largest absolute Gasteiger partial charge is 0.208 e. The first-order chi connectivity index (χ1) is 53.5. The molecule has 0 spiro atoms. The Bertz CT molecular complexity index is 6690. The molecule has 20 aromatic rings. The molecule has 18 aromatic carbocycles. The van der Waals surface area contributed by atoms with Gasteiger partial charge in [0.15, 0.2) is 34.9 Å². The molecule has 2 heterocycles. The number of hydrogen-bond donors (Lipinski definition) is 0. The van der Waals surface area contributed by atoms with E-state index in [1.54, 1.807) is 0 Å². The highest BCUT2D eigenvalue weighted by Crippen LogP contribution is 2.45. The lowest BCUT2D eigenvalue weighted by atomic mass is 9.86. The van der Waals surface area contributed by atoms with Crippen LogP contribution in [0, 0.1) is 0 Å². The molecule has 0 fully saturated rings. The van der Waals surface area contributed by atoms with E-state index in [1.807, 2.05) is 103 Å². The van der Waals surface area contributed by atoms with Gasteiger partial charge in [0.1, 0.15) is 0 Å². The lowest BCUT2D eigenvalue weighted by molar-refractivity contribution is 1.07. The Labute approximate surface area is 626 Å². The minimum absolute atomic E-state index is 0.631. The standard InChI is InChI=1S/2C51H33N3/c1-3-15-34(16-4-1)40-21-11-14-26-46(40)51-53-49(37-18-5-2-6-19-37)52-50(54-51)38-29-27-36(28-30-38)48-42-23-10-7-17-35(42)31-32-45(48)47-33-39-20-8-9-22-41(39)43-24-12-13-25-44(43)47;1-3-13-39(14-4-1)49-52-50(40-15-5-2-6-16-40)54-51(53-49)41-26-24-38(25-27-41)48-46-18-10-8-12-36(46)29-32-47(48)37-21-19-34(20-22-37)42-30-31-45-43(33-42)28-23-35-11-7-9-17-44(35)45/h2*1-33H. The third-order valence-electron chi connectivity index (χ3n) is 20.7. The van der Waals surface area contributed by atoms with Gasteiger partial charge in [-0.05, 0) is 144 Å². The molecule has 0 amide bonds. The molecular weight excluding hydrogens is 1310 g/mol. The Hall–Kier alpha value is -14.5. The summed E-state index contributed by atoms with van der Waals surface area (Å²) in [4.78, 5) is 30.0. The van der Waals surface area contributed by atoms with E-state index >= 15 is 0 Å². The summed E-state index contributed by atoms with van der Waals surface area (Å²) in [5.74, 6) is 3.86. The third-order valence-corrected chi connectivity index (χ3v) is 20.7. The number of aromatic nitrogens is 6. The van der Waals surface area contributed by atoms with Crippen LogP contribution in [0.25, 0.3) is 200 Å². The van der Waals surface area contributed by atoms with Crippen molar-refractivity contribution in [2.24, 2.45) is 0 Å². The summed E-state index contributed by atoms with van der Waals surface area (Å²) in [6.45, 7) is 0. The zero-order chi connectivity index (χ0) is 71.7. The van der Waals surface area contributed by atoms with Crippen LogP contribution in [0.3, 0.4) is 0 Å². The number of nitrogens with zero attached hydrogens (tertiary/aromatic N) is 6. The number of rotatable bonds is 12. The van der Waals surface area contributed by atoms with Gasteiger partial charge in [0, 0.05) is 33.4 Å². The topological polar surface area (TPSA) is 77.3 Å². The van der Waals surface area contributed by atoms with E-state index in [2.05, 4.69) is 297 Å². The predicted molar refractivity (Wildman–Crippen MR) is 450 cm³/mol. The smallest absolute Gasteiger partial charge is 0.164 e. The van der Waals surface area contributed by atoms with Crippen LogP contribution in [0.4, 0.5) is 0 Å². The molecule has 0 aliphatic carbocycles. The zero-order valence-corrected chi connectivity index (χ0v) is 58.8. The first kappa shape index (κ1) is 64.4. The monoisotopic (exact) mass is 1370 g/mol. The Morgan fingerprint density at radius 3 is 0.935 bits per heavy atom. The van der Waals surface area contributed by atoms with Crippen LogP contribution in [0.15, 0.2) is 400 Å². The van der Waals surface area contributed by atoms with Crippen molar-refractivity contribution in [3.63, 3.8) is 0 Å². The first-order valence-electron chi connectivity index (χ1n) is 36.6. The molecule has 0 unspecified atom stereocenters. The van der Waals surface area contributed by atoms with Gasteiger partial charge in [0.25, 0.3) is 0 Å². The second-order valence-electron chi connectivity index (χ2n) is 27.2. The molecule has 0 atom stereocenters. The summed E-state index contributed by atoms with van der Waals surface area (Å²) in [7, 11) is 0. The zero-order valence-electron chi connectivity index (χ0n) is 58.8. The van der Waals surface area contributed by atoms with Crippen LogP contribution in [-0.4, -0.2) is 29.9 Å². The maximum absolute atomic E-state index is 5.14. The van der Waals surface area contributed by atoms with E-state index in [0.29, 0.717) is 34.9 Å². The molecular formula is C102H66N6. The molecule has 0 saturated carbocycles. The Kier molecular flexibility index (Phi) is 16.9. The predicted octanol–water partition coefficient (Wildman–Crippen LogP) is 26.7. The maximum atomic E-state index is 5.14. The van der Waals surface area contributed by atoms with Crippen molar-refractivity contribution in [2.45, 2.75) is 0 Å². The lowest BCUT2D eigenvalue weighted by Crippen LogP contribution is -2.01. The lowest BCUT2D eigenvalue weighted by Gasteiger charge is -2.17. The van der Waals surface area contributed by atoms with Gasteiger partial charge in [0.05, 0.1) is 0 Å². The fourth-order valence-electron chi connectivity index (χ4n) is 15.3. The van der Waals surface area contributed by atoms with Gasteiger partial charge in [-0.3, -0.25) is 0 Å². The molecule has 0 N–H and O–H groups in total. The molecule has 504 valence electrons. The number of fused-ring (bicyclic) bond motifs is 8. The Morgan fingerprint density at radius 1 is 0.120 bits per heavy atom. The van der Waals surface area contributed by atoms with Crippen molar-refractivity contribution in [2.75, 3.05) is 0 Å². The van der Waals surface area contributed by atoms with E-state index in [4.69, 9.17) is 29.9 Å². The van der Waals surface area contributed by atoms with Crippen LogP contribution in [0.1, 0.15) is 0 Å². The highest BCUT2D eigenvalue weighted by atomic mass is 15.0. The fourth-order valence-corrected chi connectivity index (χ4v) is 15.3. The van der Waals surface area contributed by atoms with Gasteiger partial charge in [-0.2, -0.15) is 0 Å². The van der Waals surface area contributed by atoms with E-state index in [9.17, 15) is 0 Å². The Morgan fingerprint density at radius 2 is 0.417 bits per heavy atom. The molecule has 6 heteroatoms. The molecule has 2 aromatic heterocycles. The molecule has 0 bridgehead atoms. The van der Waals surface area contributed by atoms with Gasteiger partial charge in [-0.25, -0.2) is 29.9 Å². The summed E-state index contributed by atoms with van der Waals surface area (Å²) in [6, 6.07) is 141. The van der Waals surface area contributed by atoms with Crippen molar-refractivity contribution in [1.82, 2.24) is 29.9 Å². The van der Waals surface area contributed by atoms with Crippen molar-refractivity contribution in [3.05, 3.63) is 400 Å². The second-order valence-corrected chi connectivity index (χ2v) is 27.2. The van der Waals surface area contributed by atoms with Crippen molar-refractivity contribution in [1.29, 1.82) is 0 Å². The quantitative estimate of drug-likeness (QED) is 0.113. The van der Waals surface area contributed by atoms with Crippen LogP contribution in [-0.2, 0) is 0 Å². The average molecular weight is 1380 g/mol. The fraction of sp³-hybridized carbons (Fsp3) is 0. The molecule has 0 aliphatic rings. The van der Waals surface area contributed by atoms with Crippen LogP contribution in [0.5, 0.6) is 0 Å². The Balaban J connectivity index is 0.000000147. The SMILES string of the molecule is c1ccc(-c2nc(-c3ccc(-c4c(-c5cc6ccccc6c6ccccc56)ccc5ccccc45)cc3)nc(-c3ccccc3-c3ccccc3)n2)cc1.c1ccc(-c2nc(-c3ccccc3)nc(-c3ccc(-c4c(-c5ccc(-c6ccc7c(ccc8ccccc87)c6)cc5)ccc5ccccc45)cc3)n2)cc1. The summed E-state index contributed by atoms with van der Waals surface area (Å²) < 4.78 is 0. The third kappa shape index (κ3) is 12.4. The van der Waals surface area contributed by atoms with Crippen molar-refractivity contribution >= 4 is 64.6 Å². The molecule has 0 radical (unpaired) electrons. The van der Waals surface area contributed by atoms with Crippen molar-refractivity contribution < 1.29 is 0 Å². The molecule has 20 rings (SSSR count). The normalized spacial score (nSPS) is 11.3. The van der Waals surface area contributed by atoms with E-state index in [1.165, 1.54) is 109 Å². The average Bonchev–Trinajstić information content (AvgIpc) is 0.747.